The van der Waals surface area contributed by atoms with Crippen LogP contribution in [0.15, 0.2) is 59.5 Å². The Hall–Kier alpha value is -3.15. The molecule has 1 aliphatic rings. The zero-order valence-electron chi connectivity index (χ0n) is 16.7. The summed E-state index contributed by atoms with van der Waals surface area (Å²) in [6.07, 6.45) is 5.02. The molecule has 6 nitrogen and oxygen atoms in total. The number of hydrogen-bond acceptors (Lipinski definition) is 5. The lowest BCUT2D eigenvalue weighted by atomic mass is 10.1. The van der Waals surface area contributed by atoms with Crippen molar-refractivity contribution in [3.8, 4) is 6.07 Å². The van der Waals surface area contributed by atoms with Crippen LogP contribution in [0.25, 0.3) is 0 Å². The smallest absolute Gasteiger partial charge is 0.261 e. The standard InChI is InChI=1S/C23H21N3O3S2/c24-15-19-17-11-5-2-6-14-21(17)30-23(19)25-22(27)18-12-7-8-13-20(18)26-31(28,29)16-9-3-1-4-10-16/h1,3-4,7-10,12-13,26H,2,5-6,11,14H2,(H,25,27). The van der Waals surface area contributed by atoms with E-state index < -0.39 is 15.9 Å². The van der Waals surface area contributed by atoms with Crippen LogP contribution in [0.5, 0.6) is 0 Å². The fourth-order valence-electron chi connectivity index (χ4n) is 3.69. The van der Waals surface area contributed by atoms with Crippen LogP contribution in [0.2, 0.25) is 0 Å². The lowest BCUT2D eigenvalue weighted by molar-refractivity contribution is 0.102. The van der Waals surface area contributed by atoms with Crippen LogP contribution in [0.4, 0.5) is 10.7 Å². The third kappa shape index (κ3) is 4.48. The largest absolute Gasteiger partial charge is 0.312 e. The van der Waals surface area contributed by atoms with E-state index in [1.165, 1.54) is 23.5 Å². The minimum absolute atomic E-state index is 0.110. The molecule has 1 amide bonds. The molecule has 0 unspecified atom stereocenters. The average molecular weight is 452 g/mol. The minimum Gasteiger partial charge on any atom is -0.312 e. The van der Waals surface area contributed by atoms with Gasteiger partial charge in [-0.3, -0.25) is 9.52 Å². The molecule has 1 aromatic heterocycles. The van der Waals surface area contributed by atoms with Crippen molar-refractivity contribution in [1.82, 2.24) is 0 Å². The summed E-state index contributed by atoms with van der Waals surface area (Å²) in [6.45, 7) is 0. The summed E-state index contributed by atoms with van der Waals surface area (Å²) in [5.41, 5.74) is 1.94. The van der Waals surface area contributed by atoms with Crippen LogP contribution in [0.1, 0.15) is 45.6 Å². The number of carbonyl (C=O) groups is 1. The number of amides is 1. The van der Waals surface area contributed by atoms with Gasteiger partial charge in [-0.15, -0.1) is 11.3 Å². The summed E-state index contributed by atoms with van der Waals surface area (Å²) in [7, 11) is -3.84. The topological polar surface area (TPSA) is 99.1 Å². The Morgan fingerprint density at radius 1 is 0.968 bits per heavy atom. The molecule has 31 heavy (non-hydrogen) atoms. The number of benzene rings is 2. The molecular weight excluding hydrogens is 430 g/mol. The van der Waals surface area contributed by atoms with E-state index in [1.807, 2.05) is 0 Å². The number of para-hydroxylation sites is 1. The fraction of sp³-hybridized carbons (Fsp3) is 0.217. The molecule has 158 valence electrons. The van der Waals surface area contributed by atoms with Gasteiger partial charge in [0.15, 0.2) is 0 Å². The monoisotopic (exact) mass is 451 g/mol. The van der Waals surface area contributed by atoms with Gasteiger partial charge in [-0.25, -0.2) is 8.42 Å². The number of aryl methyl sites for hydroxylation is 1. The van der Waals surface area contributed by atoms with Crippen molar-refractivity contribution in [2.45, 2.75) is 37.0 Å². The van der Waals surface area contributed by atoms with E-state index in [-0.39, 0.29) is 16.1 Å². The molecule has 2 aromatic carbocycles. The summed E-state index contributed by atoms with van der Waals surface area (Å²) in [5.74, 6) is -0.459. The van der Waals surface area contributed by atoms with Crippen molar-refractivity contribution in [2.24, 2.45) is 0 Å². The van der Waals surface area contributed by atoms with Crippen LogP contribution >= 0.6 is 11.3 Å². The number of nitrogens with zero attached hydrogens (tertiary/aromatic N) is 1. The van der Waals surface area contributed by atoms with Gasteiger partial charge in [0.25, 0.3) is 15.9 Å². The molecule has 0 saturated carbocycles. The summed E-state index contributed by atoms with van der Waals surface area (Å²) in [4.78, 5) is 14.3. The van der Waals surface area contributed by atoms with Gasteiger partial charge in [-0.2, -0.15) is 5.26 Å². The Morgan fingerprint density at radius 3 is 2.45 bits per heavy atom. The SMILES string of the molecule is N#Cc1c(NC(=O)c2ccccc2NS(=O)(=O)c2ccccc2)sc2c1CCCCC2. The van der Waals surface area contributed by atoms with Crippen LogP contribution in [0.3, 0.4) is 0 Å². The summed E-state index contributed by atoms with van der Waals surface area (Å²) >= 11 is 1.45. The predicted molar refractivity (Wildman–Crippen MR) is 122 cm³/mol. The first-order chi connectivity index (χ1) is 15.0. The van der Waals surface area contributed by atoms with Gasteiger partial charge in [-0.05, 0) is 55.5 Å². The second-order valence-corrected chi connectivity index (χ2v) is 10.1. The summed E-state index contributed by atoms with van der Waals surface area (Å²) in [6, 6.07) is 16.7. The van der Waals surface area contributed by atoms with Crippen molar-refractivity contribution in [3.05, 3.63) is 76.2 Å². The predicted octanol–water partition coefficient (Wildman–Crippen LogP) is 4.94. The maximum Gasteiger partial charge on any atom is 0.261 e. The number of hydrogen-bond donors (Lipinski definition) is 2. The van der Waals surface area contributed by atoms with Gasteiger partial charge < -0.3 is 5.32 Å². The van der Waals surface area contributed by atoms with Gasteiger partial charge in [0.2, 0.25) is 0 Å². The van der Waals surface area contributed by atoms with Crippen molar-refractivity contribution in [2.75, 3.05) is 10.0 Å². The van der Waals surface area contributed by atoms with Gasteiger partial charge >= 0.3 is 0 Å². The molecule has 0 saturated heterocycles. The lowest BCUT2D eigenvalue weighted by Gasteiger charge is -2.12. The number of carbonyl (C=O) groups excluding carboxylic acids is 1. The highest BCUT2D eigenvalue weighted by Gasteiger charge is 2.23. The molecule has 0 bridgehead atoms. The van der Waals surface area contributed by atoms with Gasteiger partial charge in [0, 0.05) is 4.88 Å². The third-order valence-corrected chi connectivity index (χ3v) is 7.82. The molecule has 0 atom stereocenters. The molecule has 1 heterocycles. The zero-order valence-corrected chi connectivity index (χ0v) is 18.4. The zero-order chi connectivity index (χ0) is 21.8. The Balaban J connectivity index is 1.62. The maximum absolute atomic E-state index is 13.1. The highest BCUT2D eigenvalue weighted by molar-refractivity contribution is 7.92. The number of fused-ring (bicyclic) bond motifs is 1. The number of sulfonamides is 1. The second-order valence-electron chi connectivity index (χ2n) is 7.30. The fourth-order valence-corrected chi connectivity index (χ4v) is 6.03. The summed E-state index contributed by atoms with van der Waals surface area (Å²) in [5, 5.41) is 13.1. The van der Waals surface area contributed by atoms with Crippen molar-refractivity contribution >= 4 is 38.0 Å². The van der Waals surface area contributed by atoms with Gasteiger partial charge in [0.05, 0.1) is 21.7 Å². The average Bonchev–Trinajstić information content (AvgIpc) is 2.93. The highest BCUT2D eigenvalue weighted by atomic mass is 32.2. The van der Waals surface area contributed by atoms with E-state index in [0.29, 0.717) is 10.6 Å². The van der Waals surface area contributed by atoms with E-state index in [4.69, 9.17) is 0 Å². The number of thiophene rings is 1. The quantitative estimate of drug-likeness (QED) is 0.537. The number of nitrogens with one attached hydrogen (secondary N) is 2. The Morgan fingerprint density at radius 2 is 1.68 bits per heavy atom. The molecular formula is C23H21N3O3S2. The molecule has 0 aliphatic heterocycles. The van der Waals surface area contributed by atoms with E-state index in [1.54, 1.807) is 42.5 Å². The Bertz CT molecular complexity index is 1260. The van der Waals surface area contributed by atoms with Crippen molar-refractivity contribution in [1.29, 1.82) is 5.26 Å². The van der Waals surface area contributed by atoms with E-state index in [2.05, 4.69) is 16.1 Å². The first-order valence-electron chi connectivity index (χ1n) is 10.0. The van der Waals surface area contributed by atoms with Crippen molar-refractivity contribution < 1.29 is 13.2 Å². The normalized spacial score (nSPS) is 13.5. The van der Waals surface area contributed by atoms with Crippen molar-refractivity contribution in [3.63, 3.8) is 0 Å². The van der Waals surface area contributed by atoms with Crippen LogP contribution in [0, 0.1) is 11.3 Å². The molecule has 0 fully saturated rings. The molecule has 0 spiro atoms. The van der Waals surface area contributed by atoms with Crippen LogP contribution in [-0.2, 0) is 22.9 Å². The molecule has 2 N–H and O–H groups in total. The van der Waals surface area contributed by atoms with E-state index in [9.17, 15) is 18.5 Å². The van der Waals surface area contributed by atoms with E-state index in [0.717, 1.165) is 42.5 Å². The number of rotatable bonds is 5. The van der Waals surface area contributed by atoms with Crippen LogP contribution < -0.4 is 10.0 Å². The molecule has 8 heteroatoms. The Kier molecular flexibility index (Phi) is 6.07. The lowest BCUT2D eigenvalue weighted by Crippen LogP contribution is -2.18. The Labute approximate surface area is 185 Å². The van der Waals surface area contributed by atoms with Crippen LogP contribution in [-0.4, -0.2) is 14.3 Å². The minimum atomic E-state index is -3.84. The number of anilines is 2. The first-order valence-corrected chi connectivity index (χ1v) is 12.3. The molecule has 3 aromatic rings. The summed E-state index contributed by atoms with van der Waals surface area (Å²) < 4.78 is 27.9. The second kappa shape index (κ2) is 8.92. The molecule has 1 aliphatic carbocycles. The maximum atomic E-state index is 13.1. The third-order valence-electron chi connectivity index (χ3n) is 5.23. The molecule has 0 radical (unpaired) electrons. The van der Waals surface area contributed by atoms with Gasteiger partial charge in [-0.1, -0.05) is 36.8 Å². The first kappa shape index (κ1) is 21.1. The highest BCUT2D eigenvalue weighted by Crippen LogP contribution is 2.37. The number of nitriles is 1. The van der Waals surface area contributed by atoms with E-state index >= 15 is 0 Å². The molecule has 4 rings (SSSR count). The van der Waals surface area contributed by atoms with Gasteiger partial charge in [0.1, 0.15) is 11.1 Å².